The monoisotopic (exact) mass is 584 g/mol. The van der Waals surface area contributed by atoms with Gasteiger partial charge in [0.15, 0.2) is 0 Å². The van der Waals surface area contributed by atoms with Gasteiger partial charge in [-0.2, -0.15) is 0 Å². The average molecular weight is 585 g/mol. The quantitative estimate of drug-likeness (QED) is 0.0739. The van der Waals surface area contributed by atoms with Crippen LogP contribution in [0.25, 0.3) is 0 Å². The molecule has 0 aliphatic carbocycles. The van der Waals surface area contributed by atoms with Crippen LogP contribution in [0.1, 0.15) is 114 Å². The van der Waals surface area contributed by atoms with Crippen LogP contribution in [0.5, 0.6) is 11.5 Å². The molecule has 0 aliphatic heterocycles. The highest BCUT2D eigenvalue weighted by molar-refractivity contribution is 5.28. The van der Waals surface area contributed by atoms with Crippen LogP contribution in [-0.2, 0) is 13.1 Å². The summed E-state index contributed by atoms with van der Waals surface area (Å²) in [5.74, 6) is 1.89. The van der Waals surface area contributed by atoms with Crippen molar-refractivity contribution in [2.24, 2.45) is 0 Å². The van der Waals surface area contributed by atoms with Gasteiger partial charge in [-0.15, -0.1) is 0 Å². The number of nitrogens with one attached hydrogen (secondary N) is 2. The predicted octanol–water partition coefficient (Wildman–Crippen LogP) is 7.55. The molecule has 4 N–H and O–H groups in total. The number of unbranched alkanes of at least 4 members (excludes halogenated alkanes) is 13. The van der Waals surface area contributed by atoms with E-state index in [4.69, 9.17) is 19.7 Å². The highest BCUT2D eigenvalue weighted by atomic mass is 16.5. The molecule has 0 saturated carbocycles. The van der Waals surface area contributed by atoms with Gasteiger partial charge in [-0.3, -0.25) is 0 Å². The molecule has 42 heavy (non-hydrogen) atoms. The molecule has 0 radical (unpaired) electrons. The third-order valence-electron chi connectivity index (χ3n) is 7.60. The lowest BCUT2D eigenvalue weighted by molar-refractivity contribution is 0.273. The Morgan fingerprint density at radius 2 is 0.738 bits per heavy atom. The van der Waals surface area contributed by atoms with Gasteiger partial charge in [0.25, 0.3) is 0 Å². The van der Waals surface area contributed by atoms with Crippen molar-refractivity contribution in [2.45, 2.75) is 116 Å². The number of benzene rings is 2. The van der Waals surface area contributed by atoms with Crippen LogP contribution in [0.4, 0.5) is 0 Å². The molecule has 0 atom stereocenters. The summed E-state index contributed by atoms with van der Waals surface area (Å²) in [6.07, 6.45) is 18.8. The van der Waals surface area contributed by atoms with Gasteiger partial charge in [-0.25, -0.2) is 0 Å². The fraction of sp³-hybridized carbons (Fsp3) is 0.667. The Balaban J connectivity index is 1.32. The molecule has 0 fully saturated rings. The standard InChI is InChI=1S/C36H60N2O4/c39-27-13-7-9-15-29-41-35-21-17-33(18-22-35)31-37-25-11-5-3-1-2-4-6-12-26-38-32-34-19-23-36(24-20-34)42-30-16-10-8-14-28-40/h17-24,37-40H,1-16,25-32H2. The number of rotatable bonds is 29. The van der Waals surface area contributed by atoms with E-state index >= 15 is 0 Å². The second-order valence-corrected chi connectivity index (χ2v) is 11.4. The Hall–Kier alpha value is -2.12. The van der Waals surface area contributed by atoms with Crippen molar-refractivity contribution in [3.63, 3.8) is 0 Å². The van der Waals surface area contributed by atoms with Crippen molar-refractivity contribution in [1.29, 1.82) is 0 Å². The fourth-order valence-corrected chi connectivity index (χ4v) is 4.95. The number of hydrogen-bond donors (Lipinski definition) is 4. The number of aliphatic hydroxyl groups is 2. The van der Waals surface area contributed by atoms with Gasteiger partial charge in [0.1, 0.15) is 11.5 Å². The Bertz CT molecular complexity index is 773. The molecule has 2 aromatic carbocycles. The van der Waals surface area contributed by atoms with Crippen LogP contribution in [0.15, 0.2) is 48.5 Å². The lowest BCUT2D eigenvalue weighted by atomic mass is 10.1. The van der Waals surface area contributed by atoms with Crippen molar-refractivity contribution in [2.75, 3.05) is 39.5 Å². The van der Waals surface area contributed by atoms with Crippen LogP contribution in [0.3, 0.4) is 0 Å². The Kier molecular flexibility index (Phi) is 22.8. The molecule has 238 valence electrons. The molecule has 0 aliphatic rings. The van der Waals surface area contributed by atoms with E-state index in [0.29, 0.717) is 13.2 Å². The molecule has 0 bridgehead atoms. The third kappa shape index (κ3) is 19.9. The molecule has 6 heteroatoms. The molecule has 2 rings (SSSR count). The number of hydrogen-bond acceptors (Lipinski definition) is 6. The summed E-state index contributed by atoms with van der Waals surface area (Å²) in [7, 11) is 0. The lowest BCUT2D eigenvalue weighted by Gasteiger charge is -2.09. The van der Waals surface area contributed by atoms with Crippen molar-refractivity contribution in [1.82, 2.24) is 10.6 Å². The number of ether oxygens (including phenoxy) is 2. The van der Waals surface area contributed by atoms with Gasteiger partial charge in [-0.05, 0) is 99.8 Å². The zero-order chi connectivity index (χ0) is 29.8. The Morgan fingerprint density at radius 3 is 1.12 bits per heavy atom. The second kappa shape index (κ2) is 26.5. The minimum atomic E-state index is 0.292. The number of aliphatic hydroxyl groups excluding tert-OH is 2. The van der Waals surface area contributed by atoms with E-state index in [0.717, 1.165) is 102 Å². The molecule has 0 unspecified atom stereocenters. The fourth-order valence-electron chi connectivity index (χ4n) is 4.95. The first-order valence-corrected chi connectivity index (χ1v) is 16.9. The summed E-state index contributed by atoms with van der Waals surface area (Å²) >= 11 is 0. The first kappa shape index (κ1) is 36.1. The van der Waals surface area contributed by atoms with Crippen LogP contribution in [-0.4, -0.2) is 49.7 Å². The summed E-state index contributed by atoms with van der Waals surface area (Å²) in [5, 5.41) is 24.8. The third-order valence-corrected chi connectivity index (χ3v) is 7.60. The molecule has 6 nitrogen and oxygen atoms in total. The first-order valence-electron chi connectivity index (χ1n) is 16.9. The van der Waals surface area contributed by atoms with Crippen LogP contribution in [0, 0.1) is 0 Å². The predicted molar refractivity (Wildman–Crippen MR) is 175 cm³/mol. The largest absolute Gasteiger partial charge is 0.494 e. The summed E-state index contributed by atoms with van der Waals surface area (Å²) in [4.78, 5) is 0. The molecule has 0 saturated heterocycles. The van der Waals surface area contributed by atoms with Gasteiger partial charge in [0.05, 0.1) is 13.2 Å². The van der Waals surface area contributed by atoms with Crippen LogP contribution < -0.4 is 20.1 Å². The van der Waals surface area contributed by atoms with Crippen molar-refractivity contribution in [3.8, 4) is 11.5 Å². The molecule has 0 spiro atoms. The van der Waals surface area contributed by atoms with Gasteiger partial charge in [0, 0.05) is 26.3 Å². The van der Waals surface area contributed by atoms with E-state index in [-0.39, 0.29) is 0 Å². The zero-order valence-electron chi connectivity index (χ0n) is 26.3. The van der Waals surface area contributed by atoms with E-state index in [2.05, 4.69) is 59.2 Å². The normalized spacial score (nSPS) is 11.2. The maximum absolute atomic E-state index is 8.81. The van der Waals surface area contributed by atoms with E-state index in [1.54, 1.807) is 0 Å². The smallest absolute Gasteiger partial charge is 0.119 e. The highest BCUT2D eigenvalue weighted by Gasteiger charge is 1.99. The summed E-state index contributed by atoms with van der Waals surface area (Å²) in [6, 6.07) is 16.9. The summed E-state index contributed by atoms with van der Waals surface area (Å²) in [6.45, 7) is 6.09. The minimum Gasteiger partial charge on any atom is -0.494 e. The van der Waals surface area contributed by atoms with Crippen LogP contribution >= 0.6 is 0 Å². The van der Waals surface area contributed by atoms with Crippen molar-refractivity contribution in [3.05, 3.63) is 59.7 Å². The van der Waals surface area contributed by atoms with E-state index in [9.17, 15) is 0 Å². The maximum atomic E-state index is 8.81. The van der Waals surface area contributed by atoms with Crippen molar-refractivity contribution >= 4 is 0 Å². The van der Waals surface area contributed by atoms with Gasteiger partial charge < -0.3 is 30.3 Å². The molecule has 0 heterocycles. The summed E-state index contributed by atoms with van der Waals surface area (Å²) < 4.78 is 11.6. The minimum absolute atomic E-state index is 0.292. The SMILES string of the molecule is OCCCCCCOc1ccc(CNCCCCCCCCCCNCc2ccc(OCCCCCCO)cc2)cc1. The zero-order valence-corrected chi connectivity index (χ0v) is 26.3. The average Bonchev–Trinajstić information content (AvgIpc) is 3.02. The Morgan fingerprint density at radius 1 is 0.405 bits per heavy atom. The van der Waals surface area contributed by atoms with E-state index in [1.165, 1.54) is 62.5 Å². The van der Waals surface area contributed by atoms with Crippen LogP contribution in [0.2, 0.25) is 0 Å². The van der Waals surface area contributed by atoms with Gasteiger partial charge >= 0.3 is 0 Å². The van der Waals surface area contributed by atoms with Gasteiger partial charge in [0.2, 0.25) is 0 Å². The molecular formula is C36H60N2O4. The first-order chi connectivity index (χ1) is 20.8. The van der Waals surface area contributed by atoms with E-state index in [1.807, 2.05) is 0 Å². The topological polar surface area (TPSA) is 83.0 Å². The molecule has 0 aromatic heterocycles. The van der Waals surface area contributed by atoms with E-state index < -0.39 is 0 Å². The molecular weight excluding hydrogens is 524 g/mol. The lowest BCUT2D eigenvalue weighted by Crippen LogP contribution is -2.14. The second-order valence-electron chi connectivity index (χ2n) is 11.4. The molecule has 0 amide bonds. The van der Waals surface area contributed by atoms with Gasteiger partial charge in [-0.1, -0.05) is 75.6 Å². The molecule has 2 aromatic rings. The maximum Gasteiger partial charge on any atom is 0.119 e. The van der Waals surface area contributed by atoms with Crippen molar-refractivity contribution < 1.29 is 19.7 Å². The highest BCUT2D eigenvalue weighted by Crippen LogP contribution is 2.15. The summed E-state index contributed by atoms with van der Waals surface area (Å²) in [5.41, 5.74) is 2.61. The Labute approximate surface area is 256 Å².